The van der Waals surface area contributed by atoms with Gasteiger partial charge in [-0.1, -0.05) is 43.7 Å². The maximum Gasteiger partial charge on any atom is 0.222 e. The van der Waals surface area contributed by atoms with Crippen molar-refractivity contribution in [3.05, 3.63) is 35.4 Å². The Bertz CT molecular complexity index is 446. The van der Waals surface area contributed by atoms with Crippen molar-refractivity contribution in [1.29, 1.82) is 0 Å². The molecule has 0 aliphatic rings. The molecule has 0 fully saturated rings. The van der Waals surface area contributed by atoms with Crippen molar-refractivity contribution in [2.45, 2.75) is 38.7 Å². The molecule has 0 aliphatic heterocycles. The van der Waals surface area contributed by atoms with Crippen molar-refractivity contribution in [1.82, 2.24) is 5.32 Å². The average molecular weight is 315 g/mol. The number of carbonyl (C=O) groups is 1. The van der Waals surface area contributed by atoms with Crippen LogP contribution in [0, 0.1) is 6.92 Å². The van der Waals surface area contributed by atoms with E-state index in [1.807, 2.05) is 6.07 Å². The summed E-state index contributed by atoms with van der Waals surface area (Å²) in [5.41, 5.74) is 7.86. The third kappa shape index (κ3) is 6.46. The number of benzene rings is 1. The summed E-state index contributed by atoms with van der Waals surface area (Å²) < 4.78 is 5.12. The molecular formula is C16H27ClN2O2. The first-order valence-electron chi connectivity index (χ1n) is 6.95. The van der Waals surface area contributed by atoms with Crippen molar-refractivity contribution in [2.24, 2.45) is 5.73 Å². The van der Waals surface area contributed by atoms with Gasteiger partial charge in [-0.25, -0.2) is 0 Å². The van der Waals surface area contributed by atoms with E-state index in [-0.39, 0.29) is 29.8 Å². The average Bonchev–Trinajstić information content (AvgIpc) is 2.42. The number of amides is 1. The van der Waals surface area contributed by atoms with Gasteiger partial charge in [-0.2, -0.15) is 0 Å². The fourth-order valence-corrected chi connectivity index (χ4v) is 2.03. The molecule has 0 radical (unpaired) electrons. The van der Waals surface area contributed by atoms with Crippen LogP contribution in [0.1, 0.15) is 31.4 Å². The molecule has 1 atom stereocenters. The van der Waals surface area contributed by atoms with E-state index in [2.05, 4.69) is 44.3 Å². The third-order valence-corrected chi connectivity index (χ3v) is 3.54. The summed E-state index contributed by atoms with van der Waals surface area (Å²) >= 11 is 0. The summed E-state index contributed by atoms with van der Waals surface area (Å²) in [7, 11) is 1.57. The van der Waals surface area contributed by atoms with Crippen molar-refractivity contribution in [3.63, 3.8) is 0 Å². The van der Waals surface area contributed by atoms with Gasteiger partial charge in [-0.15, -0.1) is 12.4 Å². The van der Waals surface area contributed by atoms with Gasteiger partial charge in [0.05, 0.1) is 12.5 Å². The number of aryl methyl sites for hydroxylation is 1. The van der Waals surface area contributed by atoms with Gasteiger partial charge in [-0.3, -0.25) is 4.79 Å². The number of nitrogens with two attached hydrogens (primary N) is 1. The first-order valence-corrected chi connectivity index (χ1v) is 6.95. The Morgan fingerprint density at radius 2 is 2.10 bits per heavy atom. The molecule has 0 aliphatic carbocycles. The zero-order valence-corrected chi connectivity index (χ0v) is 14.1. The van der Waals surface area contributed by atoms with Gasteiger partial charge in [0.2, 0.25) is 5.91 Å². The maximum atomic E-state index is 11.9. The Kier molecular flexibility index (Phi) is 8.55. The Morgan fingerprint density at radius 1 is 1.43 bits per heavy atom. The molecule has 1 aromatic rings. The number of halogens is 1. The van der Waals surface area contributed by atoms with Crippen molar-refractivity contribution >= 4 is 18.3 Å². The molecule has 21 heavy (non-hydrogen) atoms. The molecule has 1 rings (SSSR count). The van der Waals surface area contributed by atoms with Gasteiger partial charge in [0.1, 0.15) is 0 Å². The molecule has 4 nitrogen and oxygen atoms in total. The van der Waals surface area contributed by atoms with Crippen molar-refractivity contribution in [2.75, 3.05) is 20.2 Å². The molecule has 1 amide bonds. The van der Waals surface area contributed by atoms with Crippen LogP contribution in [0.2, 0.25) is 0 Å². The number of nitrogens with one attached hydrogen (secondary N) is 1. The second kappa shape index (κ2) is 9.03. The number of carbonyl (C=O) groups excluding carboxylic acids is 1. The number of methoxy groups -OCH3 is 1. The summed E-state index contributed by atoms with van der Waals surface area (Å²) in [4.78, 5) is 11.9. The van der Waals surface area contributed by atoms with Crippen LogP contribution in [0.4, 0.5) is 0 Å². The Labute approximate surface area is 133 Å². The molecule has 0 saturated carbocycles. The zero-order valence-electron chi connectivity index (χ0n) is 13.3. The lowest BCUT2D eigenvalue weighted by Gasteiger charge is -2.26. The van der Waals surface area contributed by atoms with E-state index in [0.717, 1.165) is 0 Å². The predicted molar refractivity (Wildman–Crippen MR) is 88.9 cm³/mol. The lowest BCUT2D eigenvalue weighted by molar-refractivity contribution is -0.123. The van der Waals surface area contributed by atoms with Crippen LogP contribution in [0.15, 0.2) is 24.3 Å². The van der Waals surface area contributed by atoms with E-state index >= 15 is 0 Å². The molecule has 0 aromatic heterocycles. The Hall–Kier alpha value is -1.10. The lowest BCUT2D eigenvalue weighted by atomic mass is 9.84. The molecular weight excluding hydrogens is 288 g/mol. The number of hydrogen-bond acceptors (Lipinski definition) is 3. The molecule has 1 unspecified atom stereocenters. The topological polar surface area (TPSA) is 64.3 Å². The highest BCUT2D eigenvalue weighted by Crippen LogP contribution is 2.23. The quantitative estimate of drug-likeness (QED) is 0.810. The van der Waals surface area contributed by atoms with Crippen LogP contribution in [0.25, 0.3) is 0 Å². The molecule has 1 aromatic carbocycles. The van der Waals surface area contributed by atoms with E-state index in [0.29, 0.717) is 19.5 Å². The molecule has 0 spiro atoms. The standard InChI is InChI=1S/C16H26N2O2.ClH/c1-12-6-5-7-13(8-12)16(2,3)11-18-15(19)9-14(10-17)20-4;/h5-8,14H,9-11,17H2,1-4H3,(H,18,19);1H. The Morgan fingerprint density at radius 3 is 2.62 bits per heavy atom. The van der Waals surface area contributed by atoms with Gasteiger partial charge >= 0.3 is 0 Å². The van der Waals surface area contributed by atoms with Crippen LogP contribution >= 0.6 is 12.4 Å². The first kappa shape index (κ1) is 19.9. The van der Waals surface area contributed by atoms with E-state index in [1.54, 1.807) is 7.11 Å². The molecule has 5 heteroatoms. The van der Waals surface area contributed by atoms with E-state index < -0.39 is 0 Å². The Balaban J connectivity index is 0.00000400. The maximum absolute atomic E-state index is 11.9. The van der Waals surface area contributed by atoms with Gasteiger partial charge in [0, 0.05) is 25.6 Å². The normalized spacial score (nSPS) is 12.4. The van der Waals surface area contributed by atoms with Gasteiger partial charge < -0.3 is 15.8 Å². The van der Waals surface area contributed by atoms with Crippen LogP contribution < -0.4 is 11.1 Å². The lowest BCUT2D eigenvalue weighted by Crippen LogP contribution is -2.39. The van der Waals surface area contributed by atoms with Crippen LogP contribution in [-0.2, 0) is 14.9 Å². The summed E-state index contributed by atoms with van der Waals surface area (Å²) in [6, 6.07) is 8.37. The van der Waals surface area contributed by atoms with Gasteiger partial charge in [-0.05, 0) is 12.5 Å². The highest BCUT2D eigenvalue weighted by molar-refractivity contribution is 5.85. The minimum Gasteiger partial charge on any atom is -0.380 e. The summed E-state index contributed by atoms with van der Waals surface area (Å²) in [6.07, 6.45) is 0.0914. The van der Waals surface area contributed by atoms with Crippen LogP contribution in [0.5, 0.6) is 0 Å². The van der Waals surface area contributed by atoms with Gasteiger partial charge in [0.15, 0.2) is 0 Å². The largest absolute Gasteiger partial charge is 0.380 e. The molecule has 0 saturated heterocycles. The van der Waals surface area contributed by atoms with Gasteiger partial charge in [0.25, 0.3) is 0 Å². The van der Waals surface area contributed by atoms with Crippen LogP contribution in [-0.4, -0.2) is 32.2 Å². The van der Waals surface area contributed by atoms with E-state index in [4.69, 9.17) is 10.5 Å². The highest BCUT2D eigenvalue weighted by Gasteiger charge is 2.22. The fraction of sp³-hybridized carbons (Fsp3) is 0.562. The number of ether oxygens (including phenoxy) is 1. The summed E-state index contributed by atoms with van der Waals surface area (Å²) in [5.74, 6) is -0.0250. The minimum absolute atomic E-state index is 0. The van der Waals surface area contributed by atoms with E-state index in [1.165, 1.54) is 11.1 Å². The van der Waals surface area contributed by atoms with Crippen molar-refractivity contribution in [3.8, 4) is 0 Å². The minimum atomic E-state index is -0.211. The summed E-state index contributed by atoms with van der Waals surface area (Å²) in [6.45, 7) is 7.27. The molecule has 0 bridgehead atoms. The summed E-state index contributed by atoms with van der Waals surface area (Å²) in [5, 5.41) is 2.97. The monoisotopic (exact) mass is 314 g/mol. The van der Waals surface area contributed by atoms with E-state index in [9.17, 15) is 4.79 Å². The first-order chi connectivity index (χ1) is 9.39. The third-order valence-electron chi connectivity index (χ3n) is 3.54. The highest BCUT2D eigenvalue weighted by atomic mass is 35.5. The predicted octanol–water partition coefficient (Wildman–Crippen LogP) is 2.17. The second-order valence-electron chi connectivity index (χ2n) is 5.83. The molecule has 120 valence electrons. The number of hydrogen-bond donors (Lipinski definition) is 2. The molecule has 3 N–H and O–H groups in total. The SMILES string of the molecule is COC(CN)CC(=O)NCC(C)(C)c1cccc(C)c1.Cl. The second-order valence-corrected chi connectivity index (χ2v) is 5.83. The zero-order chi connectivity index (χ0) is 15.2. The van der Waals surface area contributed by atoms with Crippen molar-refractivity contribution < 1.29 is 9.53 Å². The fourth-order valence-electron chi connectivity index (χ4n) is 2.03. The number of rotatable bonds is 7. The smallest absolute Gasteiger partial charge is 0.222 e. The van der Waals surface area contributed by atoms with Crippen LogP contribution in [0.3, 0.4) is 0 Å². The molecule has 0 heterocycles.